The first kappa shape index (κ1) is 15.8. The Kier molecular flexibility index (Phi) is 6.02. The van der Waals surface area contributed by atoms with Gasteiger partial charge < -0.3 is 15.1 Å². The van der Waals surface area contributed by atoms with Gasteiger partial charge in [0.15, 0.2) is 0 Å². The predicted molar refractivity (Wildman–Crippen MR) is 88.2 cm³/mol. The SMILES string of the molecule is CCCCCN(C)c1nc(NC)nc(N2CCCCC2)n1. The Bertz CT molecular complexity index is 430. The maximum Gasteiger partial charge on any atom is 0.231 e. The standard InChI is InChI=1S/C15H28N6/c1-4-5-7-10-20(3)14-17-13(16-2)18-15(19-14)21-11-8-6-9-12-21/h4-12H2,1-3H3,(H,16,17,18,19). The van der Waals surface area contributed by atoms with Gasteiger partial charge in [0.2, 0.25) is 17.8 Å². The minimum Gasteiger partial charge on any atom is -0.357 e. The van der Waals surface area contributed by atoms with Crippen molar-refractivity contribution < 1.29 is 0 Å². The Morgan fingerprint density at radius 2 is 1.86 bits per heavy atom. The molecule has 0 bridgehead atoms. The first-order valence-electron chi connectivity index (χ1n) is 8.14. The fourth-order valence-corrected chi connectivity index (χ4v) is 2.57. The highest BCUT2D eigenvalue weighted by Gasteiger charge is 2.17. The lowest BCUT2D eigenvalue weighted by atomic mass is 10.1. The lowest BCUT2D eigenvalue weighted by molar-refractivity contribution is 0.567. The highest BCUT2D eigenvalue weighted by Crippen LogP contribution is 2.19. The van der Waals surface area contributed by atoms with Crippen molar-refractivity contribution in [3.05, 3.63) is 0 Å². The van der Waals surface area contributed by atoms with E-state index in [1.807, 2.05) is 7.05 Å². The van der Waals surface area contributed by atoms with E-state index >= 15 is 0 Å². The third-order valence-corrected chi connectivity index (χ3v) is 3.91. The van der Waals surface area contributed by atoms with Crippen molar-refractivity contribution in [2.75, 3.05) is 48.8 Å². The first-order valence-corrected chi connectivity index (χ1v) is 8.14. The van der Waals surface area contributed by atoms with Crippen molar-refractivity contribution in [3.63, 3.8) is 0 Å². The Labute approximate surface area is 128 Å². The molecule has 0 amide bonds. The predicted octanol–water partition coefficient (Wildman–Crippen LogP) is 2.53. The molecular formula is C15H28N6. The summed E-state index contributed by atoms with van der Waals surface area (Å²) in [5.74, 6) is 2.24. The van der Waals surface area contributed by atoms with Gasteiger partial charge in [-0.25, -0.2) is 0 Å². The molecule has 118 valence electrons. The molecule has 0 aliphatic carbocycles. The van der Waals surface area contributed by atoms with Crippen LogP contribution in [0.2, 0.25) is 0 Å². The van der Waals surface area contributed by atoms with E-state index in [-0.39, 0.29) is 0 Å². The van der Waals surface area contributed by atoms with Crippen LogP contribution in [-0.2, 0) is 0 Å². The van der Waals surface area contributed by atoms with Gasteiger partial charge in [-0.1, -0.05) is 19.8 Å². The van der Waals surface area contributed by atoms with Gasteiger partial charge in [-0.3, -0.25) is 0 Å². The maximum absolute atomic E-state index is 4.67. The molecule has 2 rings (SSSR count). The van der Waals surface area contributed by atoms with E-state index in [0.29, 0.717) is 5.95 Å². The zero-order chi connectivity index (χ0) is 15.1. The Morgan fingerprint density at radius 1 is 1.10 bits per heavy atom. The molecule has 2 heterocycles. The van der Waals surface area contributed by atoms with Crippen molar-refractivity contribution in [2.45, 2.75) is 45.4 Å². The van der Waals surface area contributed by atoms with Crippen LogP contribution in [0.15, 0.2) is 0 Å². The fourth-order valence-electron chi connectivity index (χ4n) is 2.57. The first-order chi connectivity index (χ1) is 10.2. The lowest BCUT2D eigenvalue weighted by Gasteiger charge is -2.27. The van der Waals surface area contributed by atoms with Gasteiger partial charge in [0.05, 0.1) is 0 Å². The third-order valence-electron chi connectivity index (χ3n) is 3.91. The van der Waals surface area contributed by atoms with Gasteiger partial charge in [-0.2, -0.15) is 15.0 Å². The molecule has 1 aromatic rings. The maximum atomic E-state index is 4.67. The average Bonchev–Trinajstić information content (AvgIpc) is 2.55. The summed E-state index contributed by atoms with van der Waals surface area (Å²) in [5.41, 5.74) is 0. The summed E-state index contributed by atoms with van der Waals surface area (Å²) in [6.07, 6.45) is 7.40. The minimum absolute atomic E-state index is 0.655. The Hall–Kier alpha value is -1.59. The molecule has 1 fully saturated rings. The van der Waals surface area contributed by atoms with Crippen molar-refractivity contribution in [1.82, 2.24) is 15.0 Å². The average molecular weight is 292 g/mol. The largest absolute Gasteiger partial charge is 0.357 e. The van der Waals surface area contributed by atoms with E-state index in [0.717, 1.165) is 31.5 Å². The number of piperidine rings is 1. The zero-order valence-electron chi connectivity index (χ0n) is 13.6. The molecule has 1 aromatic heterocycles. The summed E-state index contributed by atoms with van der Waals surface area (Å²) < 4.78 is 0. The van der Waals surface area contributed by atoms with E-state index in [2.05, 4.69) is 44.0 Å². The van der Waals surface area contributed by atoms with Crippen molar-refractivity contribution >= 4 is 17.8 Å². The Balaban J connectivity index is 2.12. The molecule has 0 aromatic carbocycles. The second kappa shape index (κ2) is 8.00. The number of nitrogens with one attached hydrogen (secondary N) is 1. The molecule has 0 radical (unpaired) electrons. The molecule has 0 unspecified atom stereocenters. The highest BCUT2D eigenvalue weighted by molar-refractivity contribution is 5.44. The van der Waals surface area contributed by atoms with Crippen LogP contribution in [-0.4, -0.2) is 48.7 Å². The fraction of sp³-hybridized carbons (Fsp3) is 0.800. The molecule has 6 heteroatoms. The summed E-state index contributed by atoms with van der Waals surface area (Å²) in [6, 6.07) is 0. The van der Waals surface area contributed by atoms with Crippen LogP contribution >= 0.6 is 0 Å². The molecule has 0 saturated carbocycles. The summed E-state index contributed by atoms with van der Waals surface area (Å²) in [5, 5.41) is 3.05. The molecule has 1 saturated heterocycles. The van der Waals surface area contributed by atoms with Gasteiger partial charge in [-0.05, 0) is 25.7 Å². The molecule has 21 heavy (non-hydrogen) atoms. The van der Waals surface area contributed by atoms with Crippen LogP contribution in [0.25, 0.3) is 0 Å². The topological polar surface area (TPSA) is 57.2 Å². The summed E-state index contributed by atoms with van der Waals surface area (Å²) in [6.45, 7) is 5.30. The van der Waals surface area contributed by atoms with Gasteiger partial charge in [0, 0.05) is 33.7 Å². The number of hydrogen-bond acceptors (Lipinski definition) is 6. The second-order valence-electron chi connectivity index (χ2n) is 5.69. The number of hydrogen-bond donors (Lipinski definition) is 1. The van der Waals surface area contributed by atoms with Crippen molar-refractivity contribution in [2.24, 2.45) is 0 Å². The highest BCUT2D eigenvalue weighted by atomic mass is 15.4. The number of rotatable bonds is 7. The second-order valence-corrected chi connectivity index (χ2v) is 5.69. The summed E-state index contributed by atoms with van der Waals surface area (Å²) >= 11 is 0. The van der Waals surface area contributed by atoms with Crippen LogP contribution in [0.4, 0.5) is 17.8 Å². The molecule has 6 nitrogen and oxygen atoms in total. The zero-order valence-corrected chi connectivity index (χ0v) is 13.6. The van der Waals surface area contributed by atoms with Crippen LogP contribution in [0.3, 0.4) is 0 Å². The van der Waals surface area contributed by atoms with E-state index in [9.17, 15) is 0 Å². The molecule has 1 aliphatic rings. The molecule has 0 atom stereocenters. The monoisotopic (exact) mass is 292 g/mol. The van der Waals surface area contributed by atoms with Gasteiger partial charge in [0.1, 0.15) is 0 Å². The van der Waals surface area contributed by atoms with Gasteiger partial charge in [-0.15, -0.1) is 0 Å². The molecule has 1 aliphatic heterocycles. The lowest BCUT2D eigenvalue weighted by Crippen LogP contribution is -2.32. The smallest absolute Gasteiger partial charge is 0.231 e. The summed E-state index contributed by atoms with van der Waals surface area (Å²) in [4.78, 5) is 18.1. The number of anilines is 3. The number of nitrogens with zero attached hydrogens (tertiary/aromatic N) is 5. The minimum atomic E-state index is 0.655. The third kappa shape index (κ3) is 4.44. The normalized spacial score (nSPS) is 15.1. The van der Waals surface area contributed by atoms with E-state index in [1.165, 1.54) is 38.5 Å². The van der Waals surface area contributed by atoms with Crippen LogP contribution in [0.5, 0.6) is 0 Å². The Morgan fingerprint density at radius 3 is 2.52 bits per heavy atom. The van der Waals surface area contributed by atoms with E-state index < -0.39 is 0 Å². The quantitative estimate of drug-likeness (QED) is 0.779. The number of aromatic nitrogens is 3. The van der Waals surface area contributed by atoms with Gasteiger partial charge >= 0.3 is 0 Å². The van der Waals surface area contributed by atoms with Crippen LogP contribution < -0.4 is 15.1 Å². The van der Waals surface area contributed by atoms with Gasteiger partial charge in [0.25, 0.3) is 0 Å². The van der Waals surface area contributed by atoms with E-state index in [4.69, 9.17) is 0 Å². The van der Waals surface area contributed by atoms with E-state index in [1.54, 1.807) is 0 Å². The molecule has 0 spiro atoms. The number of unbranched alkanes of at least 4 members (excludes halogenated alkanes) is 2. The van der Waals surface area contributed by atoms with Crippen molar-refractivity contribution in [3.8, 4) is 0 Å². The summed E-state index contributed by atoms with van der Waals surface area (Å²) in [7, 11) is 3.92. The van der Waals surface area contributed by atoms with Crippen LogP contribution in [0, 0.1) is 0 Å². The molecule has 1 N–H and O–H groups in total. The molecular weight excluding hydrogens is 264 g/mol. The van der Waals surface area contributed by atoms with Crippen LogP contribution in [0.1, 0.15) is 45.4 Å². The van der Waals surface area contributed by atoms with Crippen molar-refractivity contribution in [1.29, 1.82) is 0 Å².